The van der Waals surface area contributed by atoms with Crippen LogP contribution in [-0.4, -0.2) is 30.0 Å². The predicted molar refractivity (Wildman–Crippen MR) is 81.5 cm³/mol. The van der Waals surface area contributed by atoms with Crippen LogP contribution >= 0.6 is 0 Å². The van der Waals surface area contributed by atoms with E-state index in [-0.39, 0.29) is 15.0 Å². The van der Waals surface area contributed by atoms with Gasteiger partial charge in [-0.1, -0.05) is 0 Å². The molecule has 1 heterocycles. The Morgan fingerprint density at radius 3 is 2.95 bits per heavy atom. The quantitative estimate of drug-likeness (QED) is 0.746. The topological polar surface area (TPSA) is 47.0 Å². The predicted octanol–water partition coefficient (Wildman–Crippen LogP) is 2.62. The Kier molecular flexibility index (Phi) is 3.72. The van der Waals surface area contributed by atoms with Gasteiger partial charge in [-0.3, -0.25) is 0 Å². The summed E-state index contributed by atoms with van der Waals surface area (Å²) in [6.45, 7) is 2.80. The van der Waals surface area contributed by atoms with Crippen molar-refractivity contribution in [1.29, 1.82) is 0 Å². The second-order valence-electron chi connectivity index (χ2n) is 4.61. The van der Waals surface area contributed by atoms with Gasteiger partial charge in [0.2, 0.25) is 0 Å². The Hall–Kier alpha value is -1.84. The van der Waals surface area contributed by atoms with E-state index in [1.165, 1.54) is 5.56 Å². The van der Waals surface area contributed by atoms with E-state index in [0.29, 0.717) is 6.54 Å². The molecule has 0 unspecified atom stereocenters. The van der Waals surface area contributed by atoms with Gasteiger partial charge < -0.3 is 0 Å². The number of aromatic nitrogens is 2. The van der Waals surface area contributed by atoms with Crippen molar-refractivity contribution in [3.8, 4) is 5.75 Å². The Balaban J connectivity index is 1.86. The molecule has 20 heavy (non-hydrogen) atoms. The van der Waals surface area contributed by atoms with Gasteiger partial charge in [-0.15, -0.1) is 0 Å². The van der Waals surface area contributed by atoms with Crippen LogP contribution in [0.5, 0.6) is 5.75 Å². The maximum absolute atomic E-state index is 5.40. The number of benzene rings is 2. The second-order valence-corrected chi connectivity index (χ2v) is 5.72. The van der Waals surface area contributed by atoms with Crippen molar-refractivity contribution >= 4 is 31.7 Å². The number of nitrogens with one attached hydrogen (secondary N) is 1. The van der Waals surface area contributed by atoms with Crippen molar-refractivity contribution in [1.82, 2.24) is 7.96 Å². The van der Waals surface area contributed by atoms with E-state index in [4.69, 9.17) is 4.74 Å². The Morgan fingerprint density at radius 2 is 2.10 bits per heavy atom. The van der Waals surface area contributed by atoms with Gasteiger partial charge in [0.15, 0.2) is 0 Å². The van der Waals surface area contributed by atoms with Gasteiger partial charge in [-0.2, -0.15) is 0 Å². The summed E-state index contributed by atoms with van der Waals surface area (Å²) < 4.78 is 14.3. The minimum absolute atomic E-state index is 0.00113. The normalized spacial score (nSPS) is 10.7. The number of aryl methyl sites for hydroxylation is 1. The van der Waals surface area contributed by atoms with Crippen LogP contribution in [0.25, 0.3) is 11.0 Å². The molecular formula is C15H15N3OSe. The monoisotopic (exact) mass is 333 g/mol. The zero-order valence-corrected chi connectivity index (χ0v) is 13.1. The van der Waals surface area contributed by atoms with E-state index in [2.05, 4.69) is 32.3 Å². The molecule has 5 heteroatoms. The van der Waals surface area contributed by atoms with E-state index in [1.54, 1.807) is 7.11 Å². The van der Waals surface area contributed by atoms with Crippen LogP contribution in [0, 0.1) is 6.92 Å². The molecule has 1 N–H and O–H groups in total. The van der Waals surface area contributed by atoms with E-state index in [9.17, 15) is 0 Å². The van der Waals surface area contributed by atoms with Gasteiger partial charge in [-0.05, 0) is 0 Å². The number of hydrogen-bond donors (Lipinski definition) is 1. The van der Waals surface area contributed by atoms with Crippen molar-refractivity contribution < 1.29 is 4.74 Å². The maximum atomic E-state index is 5.40. The van der Waals surface area contributed by atoms with E-state index in [0.717, 1.165) is 28.0 Å². The zero-order chi connectivity index (χ0) is 13.9. The number of fused-ring (bicyclic) bond motifs is 1. The van der Waals surface area contributed by atoms with Crippen molar-refractivity contribution in [3.63, 3.8) is 0 Å². The van der Waals surface area contributed by atoms with Crippen molar-refractivity contribution in [2.75, 3.05) is 12.4 Å². The van der Waals surface area contributed by atoms with Crippen LogP contribution in [0.3, 0.4) is 0 Å². The van der Waals surface area contributed by atoms with Gasteiger partial charge in [0.1, 0.15) is 0 Å². The van der Waals surface area contributed by atoms with Crippen LogP contribution < -0.4 is 10.1 Å². The van der Waals surface area contributed by atoms with Crippen LogP contribution in [0.15, 0.2) is 36.4 Å². The SMILES string of the molecule is COc1ccc(C)cc1CNc1cccc2n[se]nc12. The average molecular weight is 332 g/mol. The molecular weight excluding hydrogens is 317 g/mol. The summed E-state index contributed by atoms with van der Waals surface area (Å²) in [7, 11) is 1.70. The summed E-state index contributed by atoms with van der Waals surface area (Å²) in [5.41, 5.74) is 5.38. The summed E-state index contributed by atoms with van der Waals surface area (Å²) in [5.74, 6) is 0.904. The first-order chi connectivity index (χ1) is 9.78. The molecule has 3 rings (SSSR count). The number of methoxy groups -OCH3 is 1. The number of ether oxygens (including phenoxy) is 1. The van der Waals surface area contributed by atoms with E-state index in [1.807, 2.05) is 24.3 Å². The number of anilines is 1. The molecule has 0 saturated heterocycles. The average Bonchev–Trinajstić information content (AvgIpc) is 2.94. The molecule has 1 aromatic heterocycles. The van der Waals surface area contributed by atoms with E-state index < -0.39 is 0 Å². The van der Waals surface area contributed by atoms with Crippen molar-refractivity contribution in [2.45, 2.75) is 13.5 Å². The first kappa shape index (κ1) is 13.2. The molecule has 0 aliphatic heterocycles. The third-order valence-electron chi connectivity index (χ3n) is 3.19. The molecule has 3 aromatic rings. The molecule has 102 valence electrons. The number of nitrogens with zero attached hydrogens (tertiary/aromatic N) is 2. The van der Waals surface area contributed by atoms with E-state index >= 15 is 0 Å². The van der Waals surface area contributed by atoms with Gasteiger partial charge in [-0.25, -0.2) is 0 Å². The molecule has 0 aliphatic rings. The fourth-order valence-corrected chi connectivity index (χ4v) is 3.34. The standard InChI is InChI=1S/C15H15N3OSe/c1-10-6-7-14(19-2)11(8-10)9-16-12-4-3-5-13-15(12)18-20-17-13/h3-8,16H,9H2,1-2H3. The number of rotatable bonds is 4. The number of hydrogen-bond acceptors (Lipinski definition) is 4. The molecule has 0 bridgehead atoms. The van der Waals surface area contributed by atoms with Crippen LogP contribution in [0.2, 0.25) is 0 Å². The summed E-state index contributed by atoms with van der Waals surface area (Å²) in [6.07, 6.45) is 0. The van der Waals surface area contributed by atoms with Crippen LogP contribution in [0.1, 0.15) is 11.1 Å². The Labute approximate surface area is 124 Å². The summed E-state index contributed by atoms with van der Waals surface area (Å²) in [6, 6.07) is 12.3. The fourth-order valence-electron chi connectivity index (χ4n) is 2.18. The first-order valence-electron chi connectivity index (χ1n) is 6.36. The Morgan fingerprint density at radius 1 is 1.20 bits per heavy atom. The summed E-state index contributed by atoms with van der Waals surface area (Å²) in [4.78, 5) is 0. The van der Waals surface area contributed by atoms with Crippen molar-refractivity contribution in [2.24, 2.45) is 0 Å². The minimum atomic E-state index is 0.00113. The first-order valence-corrected chi connectivity index (χ1v) is 7.90. The fraction of sp³-hybridized carbons (Fsp3) is 0.200. The third kappa shape index (κ3) is 2.55. The second kappa shape index (κ2) is 5.65. The molecule has 0 aliphatic carbocycles. The molecule has 0 saturated carbocycles. The Bertz CT molecular complexity index is 739. The summed E-state index contributed by atoms with van der Waals surface area (Å²) >= 11 is 0.00113. The molecule has 0 radical (unpaired) electrons. The molecule has 0 fully saturated rings. The molecule has 4 nitrogen and oxygen atoms in total. The van der Waals surface area contributed by atoms with Crippen molar-refractivity contribution in [3.05, 3.63) is 47.5 Å². The van der Waals surface area contributed by atoms with Gasteiger partial charge in [0, 0.05) is 0 Å². The van der Waals surface area contributed by atoms with Gasteiger partial charge in [0.25, 0.3) is 0 Å². The van der Waals surface area contributed by atoms with Gasteiger partial charge >= 0.3 is 124 Å². The summed E-state index contributed by atoms with van der Waals surface area (Å²) in [5, 5.41) is 3.44. The zero-order valence-electron chi connectivity index (χ0n) is 11.4. The molecule has 0 spiro atoms. The van der Waals surface area contributed by atoms with Crippen LogP contribution in [0.4, 0.5) is 5.69 Å². The van der Waals surface area contributed by atoms with Gasteiger partial charge in [0.05, 0.1) is 0 Å². The molecule has 2 aromatic carbocycles. The molecule has 0 atom stereocenters. The third-order valence-corrected chi connectivity index (χ3v) is 4.33. The van der Waals surface area contributed by atoms with Crippen LogP contribution in [-0.2, 0) is 6.54 Å². The molecule has 0 amide bonds.